The second kappa shape index (κ2) is 6.33. The van der Waals surface area contributed by atoms with Crippen LogP contribution < -0.4 is 4.74 Å². The number of benzene rings is 1. The van der Waals surface area contributed by atoms with Crippen LogP contribution >= 0.6 is 0 Å². The summed E-state index contributed by atoms with van der Waals surface area (Å²) in [6, 6.07) is 3.90. The molecule has 0 aliphatic rings. The van der Waals surface area contributed by atoms with Gasteiger partial charge in [0.15, 0.2) is 21.4 Å². The molecule has 0 saturated heterocycles. The highest BCUT2D eigenvalue weighted by molar-refractivity contribution is 7.90. The molecule has 1 aromatic rings. The summed E-state index contributed by atoms with van der Waals surface area (Å²) in [4.78, 5) is 10.3. The molecule has 0 amide bonds. The maximum absolute atomic E-state index is 13.5. The van der Waals surface area contributed by atoms with Gasteiger partial charge in [0.2, 0.25) is 0 Å². The number of carboxylic acids is 1. The second-order valence-electron chi connectivity index (χ2n) is 3.84. The lowest BCUT2D eigenvalue weighted by Gasteiger charge is -2.06. The molecular weight excluding hydrogens is 275 g/mol. The van der Waals surface area contributed by atoms with Gasteiger partial charge in [-0.1, -0.05) is 6.07 Å². The fourth-order valence-corrected chi connectivity index (χ4v) is 1.59. The standard InChI is InChI=1S/C12H13FO5S/c1-19(16,17)7-6-18-11-4-2-9(8-10(11)13)3-5-12(14)15/h2-5,8H,6-7H2,1H3,(H,14,15)/b5-3+. The summed E-state index contributed by atoms with van der Waals surface area (Å²) < 4.78 is 40.3. The van der Waals surface area contributed by atoms with E-state index >= 15 is 0 Å². The Labute approximate surface area is 110 Å². The first-order valence-electron chi connectivity index (χ1n) is 5.29. The number of ether oxygens (including phenoxy) is 1. The fourth-order valence-electron chi connectivity index (χ4n) is 1.21. The van der Waals surface area contributed by atoms with Crippen LogP contribution in [-0.2, 0) is 14.6 Å². The first kappa shape index (κ1) is 15.2. The van der Waals surface area contributed by atoms with Crippen LogP contribution in [0.15, 0.2) is 24.3 Å². The molecule has 0 saturated carbocycles. The second-order valence-corrected chi connectivity index (χ2v) is 6.10. The van der Waals surface area contributed by atoms with E-state index in [4.69, 9.17) is 9.84 Å². The van der Waals surface area contributed by atoms with E-state index in [1.165, 1.54) is 18.2 Å². The minimum absolute atomic E-state index is 0.0730. The molecule has 0 aliphatic heterocycles. The molecule has 0 bridgehead atoms. The lowest BCUT2D eigenvalue weighted by atomic mass is 10.2. The largest absolute Gasteiger partial charge is 0.489 e. The van der Waals surface area contributed by atoms with Crippen LogP contribution in [0.25, 0.3) is 6.08 Å². The SMILES string of the molecule is CS(=O)(=O)CCOc1ccc(/C=C/C(=O)O)cc1F. The van der Waals surface area contributed by atoms with Crippen molar-refractivity contribution in [2.75, 3.05) is 18.6 Å². The molecule has 7 heteroatoms. The lowest BCUT2D eigenvalue weighted by Crippen LogP contribution is -2.12. The Balaban J connectivity index is 2.70. The minimum atomic E-state index is -3.16. The molecule has 5 nitrogen and oxygen atoms in total. The van der Waals surface area contributed by atoms with E-state index in [-0.39, 0.29) is 18.1 Å². The number of rotatable bonds is 6. The van der Waals surface area contributed by atoms with Crippen molar-refractivity contribution in [3.8, 4) is 5.75 Å². The van der Waals surface area contributed by atoms with Crippen molar-refractivity contribution in [1.82, 2.24) is 0 Å². The van der Waals surface area contributed by atoms with E-state index in [0.717, 1.165) is 18.4 Å². The van der Waals surface area contributed by atoms with Gasteiger partial charge in [0.05, 0.1) is 5.75 Å². The van der Waals surface area contributed by atoms with Gasteiger partial charge in [0.1, 0.15) is 6.61 Å². The van der Waals surface area contributed by atoms with Gasteiger partial charge in [-0.3, -0.25) is 0 Å². The molecule has 1 rings (SSSR count). The maximum Gasteiger partial charge on any atom is 0.328 e. The molecule has 0 unspecified atom stereocenters. The molecule has 0 atom stereocenters. The van der Waals surface area contributed by atoms with Crippen LogP contribution in [0, 0.1) is 5.82 Å². The molecule has 104 valence electrons. The van der Waals surface area contributed by atoms with Crippen molar-refractivity contribution >= 4 is 21.9 Å². The predicted molar refractivity (Wildman–Crippen MR) is 68.3 cm³/mol. The van der Waals surface area contributed by atoms with Crippen LogP contribution in [-0.4, -0.2) is 38.1 Å². The molecule has 1 N–H and O–H groups in total. The number of hydrogen-bond acceptors (Lipinski definition) is 4. The van der Waals surface area contributed by atoms with Gasteiger partial charge in [-0.15, -0.1) is 0 Å². The highest BCUT2D eigenvalue weighted by atomic mass is 32.2. The normalized spacial score (nSPS) is 11.7. The summed E-state index contributed by atoms with van der Waals surface area (Å²) in [6.45, 7) is -0.139. The highest BCUT2D eigenvalue weighted by Gasteiger charge is 2.06. The van der Waals surface area contributed by atoms with E-state index in [1.807, 2.05) is 0 Å². The van der Waals surface area contributed by atoms with Gasteiger partial charge in [-0.25, -0.2) is 17.6 Å². The van der Waals surface area contributed by atoms with Gasteiger partial charge >= 0.3 is 5.97 Å². The van der Waals surface area contributed by atoms with Crippen molar-refractivity contribution < 1.29 is 27.4 Å². The van der Waals surface area contributed by atoms with E-state index in [0.29, 0.717) is 5.56 Å². The van der Waals surface area contributed by atoms with E-state index in [1.54, 1.807) is 0 Å². The zero-order valence-electron chi connectivity index (χ0n) is 10.2. The number of carboxylic acid groups (broad SMARTS) is 1. The van der Waals surface area contributed by atoms with Crippen molar-refractivity contribution in [2.45, 2.75) is 0 Å². The quantitative estimate of drug-likeness (QED) is 0.799. The topological polar surface area (TPSA) is 80.7 Å². The molecule has 0 spiro atoms. The van der Waals surface area contributed by atoms with Crippen LogP contribution in [0.2, 0.25) is 0 Å². The van der Waals surface area contributed by atoms with Gasteiger partial charge < -0.3 is 9.84 Å². The van der Waals surface area contributed by atoms with Gasteiger partial charge in [-0.05, 0) is 23.8 Å². The Bertz CT molecular complexity index is 592. The number of aliphatic carboxylic acids is 1. The smallest absolute Gasteiger partial charge is 0.328 e. The molecule has 0 radical (unpaired) electrons. The highest BCUT2D eigenvalue weighted by Crippen LogP contribution is 2.19. The molecule has 0 aliphatic carbocycles. The van der Waals surface area contributed by atoms with Crippen LogP contribution in [0.4, 0.5) is 4.39 Å². The summed E-state index contributed by atoms with van der Waals surface area (Å²) >= 11 is 0. The summed E-state index contributed by atoms with van der Waals surface area (Å²) in [5.74, 6) is -2.08. The minimum Gasteiger partial charge on any atom is -0.489 e. The Hall–Kier alpha value is -1.89. The summed E-state index contributed by atoms with van der Waals surface area (Å²) in [7, 11) is -3.16. The zero-order valence-corrected chi connectivity index (χ0v) is 11.0. The third-order valence-electron chi connectivity index (χ3n) is 2.09. The average molecular weight is 288 g/mol. The first-order chi connectivity index (χ1) is 8.78. The molecule has 1 aromatic carbocycles. The molecule has 0 fully saturated rings. The number of carbonyl (C=O) groups is 1. The third kappa shape index (κ3) is 6.01. The van der Waals surface area contributed by atoms with Crippen molar-refractivity contribution in [1.29, 1.82) is 0 Å². The Kier molecular flexibility index (Phi) is 5.05. The van der Waals surface area contributed by atoms with Crippen LogP contribution in [0.1, 0.15) is 5.56 Å². The Morgan fingerprint density at radius 1 is 1.47 bits per heavy atom. The number of hydrogen-bond donors (Lipinski definition) is 1. The monoisotopic (exact) mass is 288 g/mol. The Morgan fingerprint density at radius 3 is 2.68 bits per heavy atom. The summed E-state index contributed by atoms with van der Waals surface area (Å²) in [5, 5.41) is 8.43. The third-order valence-corrected chi connectivity index (χ3v) is 2.99. The van der Waals surface area contributed by atoms with Gasteiger partial charge in [0.25, 0.3) is 0 Å². The van der Waals surface area contributed by atoms with Crippen molar-refractivity contribution in [3.05, 3.63) is 35.7 Å². The van der Waals surface area contributed by atoms with Crippen molar-refractivity contribution in [3.63, 3.8) is 0 Å². The van der Waals surface area contributed by atoms with Crippen LogP contribution in [0.3, 0.4) is 0 Å². The average Bonchev–Trinajstić information content (AvgIpc) is 2.27. The predicted octanol–water partition coefficient (Wildman–Crippen LogP) is 1.35. The van der Waals surface area contributed by atoms with E-state index in [2.05, 4.69) is 0 Å². The summed E-state index contributed by atoms with van der Waals surface area (Å²) in [5.41, 5.74) is 0.371. The van der Waals surface area contributed by atoms with Gasteiger partial charge in [-0.2, -0.15) is 0 Å². The number of halogens is 1. The zero-order chi connectivity index (χ0) is 14.5. The summed E-state index contributed by atoms with van der Waals surface area (Å²) in [6.07, 6.45) is 3.19. The molecular formula is C12H13FO5S. The van der Waals surface area contributed by atoms with E-state index in [9.17, 15) is 17.6 Å². The maximum atomic E-state index is 13.5. The Morgan fingerprint density at radius 2 is 2.16 bits per heavy atom. The molecule has 0 heterocycles. The van der Waals surface area contributed by atoms with Gasteiger partial charge in [0, 0.05) is 12.3 Å². The van der Waals surface area contributed by atoms with Crippen molar-refractivity contribution in [2.24, 2.45) is 0 Å². The van der Waals surface area contributed by atoms with E-state index < -0.39 is 21.6 Å². The number of sulfone groups is 1. The fraction of sp³-hybridized carbons (Fsp3) is 0.250. The molecule has 19 heavy (non-hydrogen) atoms. The lowest BCUT2D eigenvalue weighted by molar-refractivity contribution is -0.131. The van der Waals surface area contributed by atoms with Crippen LogP contribution in [0.5, 0.6) is 5.75 Å². The first-order valence-corrected chi connectivity index (χ1v) is 7.35. The molecule has 0 aromatic heterocycles.